The second kappa shape index (κ2) is 9.87. The largest absolute Gasteiger partial charge is 0.453 e. The van der Waals surface area contributed by atoms with Crippen LogP contribution in [0.3, 0.4) is 0 Å². The number of amides is 1. The molecule has 134 valence electrons. The molecule has 0 aliphatic rings. The SMILES string of the molecule is COC(=O)Nc1ccc(CN=C(N)Nc2ccc(C)c(C)c2)cc1.I. The molecule has 0 aliphatic carbocycles. The topological polar surface area (TPSA) is 88.7 Å². The van der Waals surface area contributed by atoms with E-state index in [1.54, 1.807) is 12.1 Å². The van der Waals surface area contributed by atoms with Gasteiger partial charge in [0.15, 0.2) is 5.96 Å². The van der Waals surface area contributed by atoms with Crippen molar-refractivity contribution in [2.45, 2.75) is 20.4 Å². The number of anilines is 2. The summed E-state index contributed by atoms with van der Waals surface area (Å²) in [5, 5.41) is 5.67. The molecule has 0 fully saturated rings. The quantitative estimate of drug-likeness (QED) is 0.370. The van der Waals surface area contributed by atoms with Crippen LogP contribution < -0.4 is 16.4 Å². The average molecular weight is 454 g/mol. The molecule has 0 bridgehead atoms. The molecule has 2 aromatic rings. The molecular weight excluding hydrogens is 431 g/mol. The molecular formula is C18H23IN4O2. The van der Waals surface area contributed by atoms with Crippen LogP contribution in [0.5, 0.6) is 0 Å². The summed E-state index contributed by atoms with van der Waals surface area (Å²) in [4.78, 5) is 15.4. The highest BCUT2D eigenvalue weighted by Crippen LogP contribution is 2.14. The van der Waals surface area contributed by atoms with Crippen molar-refractivity contribution < 1.29 is 9.53 Å². The Labute approximate surface area is 164 Å². The zero-order valence-electron chi connectivity index (χ0n) is 14.5. The van der Waals surface area contributed by atoms with Crippen LogP contribution in [0.2, 0.25) is 0 Å². The lowest BCUT2D eigenvalue weighted by atomic mass is 10.1. The van der Waals surface area contributed by atoms with Gasteiger partial charge in [-0.25, -0.2) is 9.79 Å². The van der Waals surface area contributed by atoms with E-state index in [4.69, 9.17) is 5.73 Å². The fraction of sp³-hybridized carbons (Fsp3) is 0.222. The van der Waals surface area contributed by atoms with E-state index in [1.807, 2.05) is 30.3 Å². The van der Waals surface area contributed by atoms with Crippen molar-refractivity contribution in [1.29, 1.82) is 0 Å². The van der Waals surface area contributed by atoms with Gasteiger partial charge >= 0.3 is 6.09 Å². The van der Waals surface area contributed by atoms with Crippen molar-refractivity contribution in [2.75, 3.05) is 17.7 Å². The monoisotopic (exact) mass is 454 g/mol. The molecule has 0 heterocycles. The number of hydrogen-bond donors (Lipinski definition) is 3. The van der Waals surface area contributed by atoms with Crippen LogP contribution in [-0.4, -0.2) is 19.2 Å². The predicted octanol–water partition coefficient (Wildman–Crippen LogP) is 4.03. The molecule has 2 rings (SSSR count). The Hall–Kier alpha value is -2.29. The van der Waals surface area contributed by atoms with Gasteiger partial charge < -0.3 is 15.8 Å². The van der Waals surface area contributed by atoms with Gasteiger partial charge in [0.1, 0.15) is 0 Å². The third-order valence-electron chi connectivity index (χ3n) is 3.60. The van der Waals surface area contributed by atoms with Crippen molar-refractivity contribution >= 4 is 47.4 Å². The number of halogens is 1. The van der Waals surface area contributed by atoms with E-state index in [0.29, 0.717) is 18.2 Å². The van der Waals surface area contributed by atoms with Gasteiger partial charge in [-0.15, -0.1) is 24.0 Å². The molecule has 6 nitrogen and oxygen atoms in total. The number of nitrogens with zero attached hydrogens (tertiary/aromatic N) is 1. The number of rotatable bonds is 4. The van der Waals surface area contributed by atoms with Crippen LogP contribution in [0.15, 0.2) is 47.5 Å². The number of carbonyl (C=O) groups excluding carboxylic acids is 1. The number of methoxy groups -OCH3 is 1. The van der Waals surface area contributed by atoms with Gasteiger partial charge in [-0.05, 0) is 54.8 Å². The third-order valence-corrected chi connectivity index (χ3v) is 3.60. The molecule has 0 spiro atoms. The zero-order valence-corrected chi connectivity index (χ0v) is 16.8. The number of carbonyl (C=O) groups is 1. The van der Waals surface area contributed by atoms with Crippen LogP contribution in [0.1, 0.15) is 16.7 Å². The number of aliphatic imine (C=N–C) groups is 1. The van der Waals surface area contributed by atoms with E-state index in [1.165, 1.54) is 18.2 Å². The van der Waals surface area contributed by atoms with Gasteiger partial charge in [0.25, 0.3) is 0 Å². The van der Waals surface area contributed by atoms with Gasteiger partial charge in [-0.2, -0.15) is 0 Å². The Bertz CT molecular complexity index is 745. The van der Waals surface area contributed by atoms with Crippen LogP contribution in [0.25, 0.3) is 0 Å². The number of hydrogen-bond acceptors (Lipinski definition) is 3. The normalized spacial score (nSPS) is 10.6. The number of aryl methyl sites for hydroxylation is 2. The van der Waals surface area contributed by atoms with E-state index in [0.717, 1.165) is 11.3 Å². The highest BCUT2D eigenvalue weighted by Gasteiger charge is 2.01. The van der Waals surface area contributed by atoms with E-state index in [-0.39, 0.29) is 24.0 Å². The lowest BCUT2D eigenvalue weighted by molar-refractivity contribution is 0.187. The summed E-state index contributed by atoms with van der Waals surface area (Å²) in [7, 11) is 1.32. The lowest BCUT2D eigenvalue weighted by Crippen LogP contribution is -2.22. The van der Waals surface area contributed by atoms with Crippen molar-refractivity contribution in [1.82, 2.24) is 0 Å². The summed E-state index contributed by atoms with van der Waals surface area (Å²) >= 11 is 0. The second-order valence-corrected chi connectivity index (χ2v) is 5.44. The summed E-state index contributed by atoms with van der Waals surface area (Å²) in [5.74, 6) is 0.356. The smallest absolute Gasteiger partial charge is 0.411 e. The van der Waals surface area contributed by atoms with Crippen molar-refractivity contribution in [3.8, 4) is 0 Å². The van der Waals surface area contributed by atoms with Crippen LogP contribution in [-0.2, 0) is 11.3 Å². The third kappa shape index (κ3) is 6.61. The maximum Gasteiger partial charge on any atom is 0.411 e. The standard InChI is InChI=1S/C18H22N4O2.HI/c1-12-4-7-16(10-13(12)2)21-17(19)20-11-14-5-8-15(9-6-14)22-18(23)24-3;/h4-10H,11H2,1-3H3,(H,22,23)(H3,19,20,21);1H. The molecule has 1 amide bonds. The molecule has 0 aliphatic heterocycles. The van der Waals surface area contributed by atoms with E-state index in [2.05, 4.69) is 34.2 Å². The fourth-order valence-electron chi connectivity index (χ4n) is 2.05. The first-order valence-electron chi connectivity index (χ1n) is 7.56. The summed E-state index contributed by atoms with van der Waals surface area (Å²) in [5.41, 5.74) is 10.9. The van der Waals surface area contributed by atoms with Crippen molar-refractivity contribution in [3.05, 3.63) is 59.2 Å². The first-order chi connectivity index (χ1) is 11.5. The van der Waals surface area contributed by atoms with Gasteiger partial charge in [0, 0.05) is 11.4 Å². The molecule has 0 radical (unpaired) electrons. The van der Waals surface area contributed by atoms with Crippen LogP contribution >= 0.6 is 24.0 Å². The van der Waals surface area contributed by atoms with E-state index in [9.17, 15) is 4.79 Å². The number of guanidine groups is 1. The summed E-state index contributed by atoms with van der Waals surface area (Å²) in [6.07, 6.45) is -0.498. The Kier molecular flexibility index (Phi) is 8.20. The molecule has 7 heteroatoms. The number of nitrogens with one attached hydrogen (secondary N) is 2. The Balaban J connectivity index is 0.00000312. The number of benzene rings is 2. The first-order valence-corrected chi connectivity index (χ1v) is 7.56. The van der Waals surface area contributed by atoms with Gasteiger partial charge in [-0.3, -0.25) is 5.32 Å². The average Bonchev–Trinajstić information content (AvgIpc) is 2.57. The highest BCUT2D eigenvalue weighted by atomic mass is 127. The minimum Gasteiger partial charge on any atom is -0.453 e. The maximum atomic E-state index is 11.1. The first kappa shape index (κ1) is 20.8. The van der Waals surface area contributed by atoms with E-state index >= 15 is 0 Å². The molecule has 25 heavy (non-hydrogen) atoms. The minimum absolute atomic E-state index is 0. The Morgan fingerprint density at radius 2 is 1.68 bits per heavy atom. The highest BCUT2D eigenvalue weighted by molar-refractivity contribution is 14.0. The summed E-state index contributed by atoms with van der Waals surface area (Å²) < 4.78 is 4.54. The van der Waals surface area contributed by atoms with Gasteiger partial charge in [0.2, 0.25) is 0 Å². The number of nitrogens with two attached hydrogens (primary N) is 1. The van der Waals surface area contributed by atoms with Gasteiger partial charge in [0.05, 0.1) is 13.7 Å². The number of ether oxygens (including phenoxy) is 1. The van der Waals surface area contributed by atoms with Crippen molar-refractivity contribution in [2.24, 2.45) is 10.7 Å². The van der Waals surface area contributed by atoms with Crippen molar-refractivity contribution in [3.63, 3.8) is 0 Å². The molecule has 2 aromatic carbocycles. The molecule has 0 atom stereocenters. The molecule has 0 aromatic heterocycles. The van der Waals surface area contributed by atoms with E-state index < -0.39 is 6.09 Å². The molecule has 0 saturated heterocycles. The van der Waals surface area contributed by atoms with Crippen LogP contribution in [0.4, 0.5) is 16.2 Å². The Morgan fingerprint density at radius 3 is 2.28 bits per heavy atom. The molecule has 0 saturated carbocycles. The summed E-state index contributed by atoms with van der Waals surface area (Å²) in [6, 6.07) is 13.4. The lowest BCUT2D eigenvalue weighted by Gasteiger charge is -2.08. The van der Waals surface area contributed by atoms with Gasteiger partial charge in [-0.1, -0.05) is 18.2 Å². The molecule has 0 unspecified atom stereocenters. The zero-order chi connectivity index (χ0) is 17.5. The molecule has 4 N–H and O–H groups in total. The second-order valence-electron chi connectivity index (χ2n) is 5.44. The Morgan fingerprint density at radius 1 is 1.04 bits per heavy atom. The minimum atomic E-state index is -0.498. The maximum absolute atomic E-state index is 11.1. The van der Waals surface area contributed by atoms with Crippen LogP contribution in [0, 0.1) is 13.8 Å². The predicted molar refractivity (Wildman–Crippen MR) is 113 cm³/mol. The summed E-state index contributed by atoms with van der Waals surface area (Å²) in [6.45, 7) is 4.56. The fourth-order valence-corrected chi connectivity index (χ4v) is 2.05.